The zero-order valence-corrected chi connectivity index (χ0v) is 9.29. The number of aromatic nitrogens is 1. The Bertz CT molecular complexity index is 297. The lowest BCUT2D eigenvalue weighted by molar-refractivity contribution is 0.0344. The lowest BCUT2D eigenvalue weighted by Crippen LogP contribution is -2.32. The maximum absolute atomic E-state index is 5.32. The minimum absolute atomic E-state index is 0.143. The molecule has 3 heteroatoms. The molecule has 0 fully saturated rings. The van der Waals surface area contributed by atoms with Crippen molar-refractivity contribution in [3.8, 4) is 0 Å². The quantitative estimate of drug-likeness (QED) is 0.798. The van der Waals surface area contributed by atoms with Crippen molar-refractivity contribution in [3.63, 3.8) is 0 Å². The maximum atomic E-state index is 5.32. The fraction of sp³-hybridized carbons (Fsp3) is 0.545. The summed E-state index contributed by atoms with van der Waals surface area (Å²) in [5.74, 6) is 0. The third kappa shape index (κ3) is 3.00. The second-order valence-corrected chi connectivity index (χ2v) is 4.01. The molecule has 0 aliphatic heterocycles. The normalized spacial score (nSPS) is 11.4. The highest BCUT2D eigenvalue weighted by Crippen LogP contribution is 2.14. The molecule has 0 amide bonds. The molecule has 0 spiro atoms. The highest BCUT2D eigenvalue weighted by molar-refractivity contribution is 5.48. The second-order valence-electron chi connectivity index (χ2n) is 4.01. The van der Waals surface area contributed by atoms with E-state index in [1.165, 1.54) is 0 Å². The van der Waals surface area contributed by atoms with Gasteiger partial charge in [-0.2, -0.15) is 0 Å². The van der Waals surface area contributed by atoms with Crippen LogP contribution in [0.25, 0.3) is 0 Å². The Kier molecular flexibility index (Phi) is 3.47. The Hall–Kier alpha value is -1.09. The Labute approximate surface area is 85.5 Å². The van der Waals surface area contributed by atoms with E-state index in [0.717, 1.165) is 17.8 Å². The number of hydrogen-bond acceptors (Lipinski definition) is 3. The zero-order chi connectivity index (χ0) is 10.6. The molecule has 1 aromatic heterocycles. The number of nitrogens with one attached hydrogen (secondary N) is 1. The molecule has 1 rings (SSSR count). The van der Waals surface area contributed by atoms with Crippen LogP contribution in [0.2, 0.25) is 0 Å². The van der Waals surface area contributed by atoms with Gasteiger partial charge in [0.1, 0.15) is 0 Å². The summed E-state index contributed by atoms with van der Waals surface area (Å²) in [6.07, 6.45) is 3.64. The van der Waals surface area contributed by atoms with Crippen LogP contribution in [0.1, 0.15) is 19.4 Å². The van der Waals surface area contributed by atoms with Crippen LogP contribution < -0.4 is 5.32 Å². The molecule has 0 radical (unpaired) electrons. The Morgan fingerprint density at radius 2 is 2.21 bits per heavy atom. The average Bonchev–Trinajstić information content (AvgIpc) is 2.17. The lowest BCUT2D eigenvalue weighted by Gasteiger charge is -2.24. The molecule has 0 aromatic carbocycles. The molecule has 0 saturated carbocycles. The minimum atomic E-state index is -0.143. The predicted molar refractivity (Wildman–Crippen MR) is 58.6 cm³/mol. The number of methoxy groups -OCH3 is 1. The monoisotopic (exact) mass is 194 g/mol. The van der Waals surface area contributed by atoms with Crippen LogP contribution in [0, 0.1) is 6.92 Å². The molecule has 0 bridgehead atoms. The van der Waals surface area contributed by atoms with Gasteiger partial charge in [-0.05, 0) is 32.4 Å². The topological polar surface area (TPSA) is 34.1 Å². The molecule has 0 saturated heterocycles. The van der Waals surface area contributed by atoms with E-state index in [-0.39, 0.29) is 5.60 Å². The predicted octanol–water partition coefficient (Wildman–Crippen LogP) is 2.23. The molecule has 0 atom stereocenters. The van der Waals surface area contributed by atoms with E-state index < -0.39 is 0 Å². The number of ether oxygens (including phenoxy) is 1. The van der Waals surface area contributed by atoms with Gasteiger partial charge >= 0.3 is 0 Å². The molecule has 1 N–H and O–H groups in total. The summed E-state index contributed by atoms with van der Waals surface area (Å²) >= 11 is 0. The third-order valence-corrected chi connectivity index (χ3v) is 2.28. The van der Waals surface area contributed by atoms with E-state index in [1.54, 1.807) is 13.3 Å². The van der Waals surface area contributed by atoms with Gasteiger partial charge in [0.25, 0.3) is 0 Å². The molecular weight excluding hydrogens is 176 g/mol. The molecule has 3 nitrogen and oxygen atoms in total. The molecular formula is C11H18N2O. The Morgan fingerprint density at radius 3 is 2.79 bits per heavy atom. The fourth-order valence-corrected chi connectivity index (χ4v) is 1.05. The number of aryl methyl sites for hydroxylation is 1. The van der Waals surface area contributed by atoms with E-state index in [1.807, 2.05) is 19.2 Å². The van der Waals surface area contributed by atoms with E-state index in [4.69, 9.17) is 4.74 Å². The summed E-state index contributed by atoms with van der Waals surface area (Å²) in [4.78, 5) is 4.04. The maximum Gasteiger partial charge on any atom is 0.0794 e. The number of rotatable bonds is 4. The minimum Gasteiger partial charge on any atom is -0.382 e. The van der Waals surface area contributed by atoms with Crippen molar-refractivity contribution in [1.82, 2.24) is 4.98 Å². The van der Waals surface area contributed by atoms with E-state index >= 15 is 0 Å². The summed E-state index contributed by atoms with van der Waals surface area (Å²) in [5.41, 5.74) is 2.12. The first-order chi connectivity index (χ1) is 6.55. The van der Waals surface area contributed by atoms with Crippen LogP contribution in [-0.2, 0) is 4.74 Å². The van der Waals surface area contributed by atoms with Crippen LogP contribution in [0.4, 0.5) is 5.69 Å². The van der Waals surface area contributed by atoms with Crippen molar-refractivity contribution >= 4 is 5.69 Å². The molecule has 0 unspecified atom stereocenters. The van der Waals surface area contributed by atoms with Crippen molar-refractivity contribution in [2.24, 2.45) is 0 Å². The van der Waals surface area contributed by atoms with Gasteiger partial charge in [0, 0.05) is 31.7 Å². The van der Waals surface area contributed by atoms with E-state index in [9.17, 15) is 0 Å². The summed E-state index contributed by atoms with van der Waals surface area (Å²) in [6, 6.07) is 1.97. The van der Waals surface area contributed by atoms with Crippen LogP contribution in [0.15, 0.2) is 18.5 Å². The van der Waals surface area contributed by atoms with Crippen molar-refractivity contribution in [2.45, 2.75) is 26.4 Å². The lowest BCUT2D eigenvalue weighted by atomic mass is 10.1. The van der Waals surface area contributed by atoms with Gasteiger partial charge < -0.3 is 10.1 Å². The highest BCUT2D eigenvalue weighted by Gasteiger charge is 2.15. The first kappa shape index (κ1) is 11.0. The zero-order valence-electron chi connectivity index (χ0n) is 9.29. The smallest absolute Gasteiger partial charge is 0.0794 e. The first-order valence-electron chi connectivity index (χ1n) is 4.75. The summed E-state index contributed by atoms with van der Waals surface area (Å²) in [5, 5.41) is 3.34. The second kappa shape index (κ2) is 4.42. The fourth-order valence-electron chi connectivity index (χ4n) is 1.05. The molecule has 0 aliphatic carbocycles. The molecule has 78 valence electrons. The van der Waals surface area contributed by atoms with Gasteiger partial charge in [0.05, 0.1) is 5.60 Å². The van der Waals surface area contributed by atoms with Crippen LogP contribution >= 0.6 is 0 Å². The van der Waals surface area contributed by atoms with Gasteiger partial charge in [-0.1, -0.05) is 0 Å². The number of hydrogen-bond donors (Lipinski definition) is 1. The van der Waals surface area contributed by atoms with E-state index in [2.05, 4.69) is 24.1 Å². The highest BCUT2D eigenvalue weighted by atomic mass is 16.5. The standard InChI is InChI=1S/C11H18N2O/c1-9-7-12-6-5-10(9)13-8-11(2,3)14-4/h5-7H,8H2,1-4H3,(H,12,13). The number of pyridine rings is 1. The average molecular weight is 194 g/mol. The first-order valence-corrected chi connectivity index (χ1v) is 4.75. The van der Waals surface area contributed by atoms with Crippen molar-refractivity contribution in [1.29, 1.82) is 0 Å². The Balaban J connectivity index is 2.58. The van der Waals surface area contributed by atoms with Crippen molar-refractivity contribution in [2.75, 3.05) is 19.0 Å². The summed E-state index contributed by atoms with van der Waals surface area (Å²) in [7, 11) is 1.72. The number of anilines is 1. The molecule has 1 heterocycles. The summed E-state index contributed by atoms with van der Waals surface area (Å²) < 4.78 is 5.32. The molecule has 0 aliphatic rings. The van der Waals surface area contributed by atoms with Crippen LogP contribution in [0.5, 0.6) is 0 Å². The van der Waals surface area contributed by atoms with Gasteiger partial charge in [0.2, 0.25) is 0 Å². The third-order valence-electron chi connectivity index (χ3n) is 2.28. The van der Waals surface area contributed by atoms with Crippen LogP contribution in [0.3, 0.4) is 0 Å². The Morgan fingerprint density at radius 1 is 1.50 bits per heavy atom. The van der Waals surface area contributed by atoms with Crippen molar-refractivity contribution < 1.29 is 4.74 Å². The molecule has 14 heavy (non-hydrogen) atoms. The van der Waals surface area contributed by atoms with Crippen molar-refractivity contribution in [3.05, 3.63) is 24.0 Å². The van der Waals surface area contributed by atoms with Gasteiger partial charge in [-0.3, -0.25) is 4.98 Å². The number of nitrogens with zero attached hydrogens (tertiary/aromatic N) is 1. The van der Waals surface area contributed by atoms with Gasteiger partial charge in [-0.25, -0.2) is 0 Å². The van der Waals surface area contributed by atoms with E-state index in [0.29, 0.717) is 0 Å². The van der Waals surface area contributed by atoms with Gasteiger partial charge in [0.15, 0.2) is 0 Å². The summed E-state index contributed by atoms with van der Waals surface area (Å²) in [6.45, 7) is 6.93. The SMILES string of the molecule is COC(C)(C)CNc1ccncc1C. The molecule has 1 aromatic rings. The van der Waals surface area contributed by atoms with Crippen LogP contribution in [-0.4, -0.2) is 24.2 Å². The largest absolute Gasteiger partial charge is 0.382 e. The van der Waals surface area contributed by atoms with Gasteiger partial charge in [-0.15, -0.1) is 0 Å².